The minimum Gasteiger partial charge on any atom is -0.437 e. The number of hydrogen-bond donors (Lipinski definition) is 2. The Labute approximate surface area is 149 Å². The van der Waals surface area contributed by atoms with Crippen LogP contribution in [0.25, 0.3) is 33.6 Å². The van der Waals surface area contributed by atoms with Crippen LogP contribution in [0, 0.1) is 5.82 Å². The van der Waals surface area contributed by atoms with Gasteiger partial charge in [-0.15, -0.1) is 0 Å². The topological polar surface area (TPSA) is 75.9 Å². The fourth-order valence-corrected chi connectivity index (χ4v) is 2.89. The van der Waals surface area contributed by atoms with Gasteiger partial charge in [-0.3, -0.25) is 0 Å². The number of nitrogens with zero attached hydrogens (tertiary/aromatic N) is 3. The number of fused-ring (bicyclic) bond motifs is 1. The van der Waals surface area contributed by atoms with Gasteiger partial charge in [0.15, 0.2) is 0 Å². The van der Waals surface area contributed by atoms with E-state index in [1.165, 1.54) is 18.5 Å². The molecule has 0 saturated carbocycles. The summed E-state index contributed by atoms with van der Waals surface area (Å²) in [6.07, 6.45) is 3.17. The Morgan fingerprint density at radius 1 is 0.885 bits per heavy atom. The van der Waals surface area contributed by atoms with Gasteiger partial charge in [0.25, 0.3) is 0 Å². The first-order chi connectivity index (χ1) is 12.7. The summed E-state index contributed by atoms with van der Waals surface area (Å²) in [5.41, 5.74) is 2.85. The summed E-state index contributed by atoms with van der Waals surface area (Å²) < 4.78 is 19.5. The minimum absolute atomic E-state index is 0.298. The van der Waals surface area contributed by atoms with Crippen molar-refractivity contribution in [3.05, 3.63) is 54.7 Å². The van der Waals surface area contributed by atoms with Crippen LogP contribution < -0.4 is 10.6 Å². The van der Waals surface area contributed by atoms with Crippen molar-refractivity contribution < 1.29 is 8.81 Å². The van der Waals surface area contributed by atoms with Crippen LogP contribution in [0.2, 0.25) is 0 Å². The summed E-state index contributed by atoms with van der Waals surface area (Å²) in [6, 6.07) is 10.0. The molecule has 4 rings (SSSR count). The lowest BCUT2D eigenvalue weighted by atomic mass is 10.00. The zero-order chi connectivity index (χ0) is 18.1. The molecule has 7 heteroatoms. The van der Waals surface area contributed by atoms with Crippen LogP contribution in [-0.2, 0) is 0 Å². The molecule has 3 aromatic heterocycles. The van der Waals surface area contributed by atoms with E-state index in [0.29, 0.717) is 17.3 Å². The summed E-state index contributed by atoms with van der Waals surface area (Å²) in [6.45, 7) is 0. The van der Waals surface area contributed by atoms with Crippen molar-refractivity contribution >= 4 is 22.7 Å². The van der Waals surface area contributed by atoms with Crippen molar-refractivity contribution in [2.24, 2.45) is 0 Å². The second kappa shape index (κ2) is 6.44. The van der Waals surface area contributed by atoms with E-state index in [0.717, 1.165) is 27.9 Å². The first-order valence-corrected chi connectivity index (χ1v) is 8.06. The number of anilines is 2. The summed E-state index contributed by atoms with van der Waals surface area (Å²) in [5, 5.41) is 6.80. The molecular weight excluding hydrogens is 333 g/mol. The van der Waals surface area contributed by atoms with Crippen LogP contribution in [-0.4, -0.2) is 29.0 Å². The highest BCUT2D eigenvalue weighted by molar-refractivity contribution is 6.05. The maximum absolute atomic E-state index is 13.4. The summed E-state index contributed by atoms with van der Waals surface area (Å²) in [4.78, 5) is 12.9. The lowest BCUT2D eigenvalue weighted by Crippen LogP contribution is -1.94. The Bertz CT molecular complexity index is 1060. The molecule has 1 aromatic carbocycles. The number of nitrogens with one attached hydrogen (secondary N) is 2. The van der Waals surface area contributed by atoms with E-state index in [1.807, 2.05) is 19.2 Å². The van der Waals surface area contributed by atoms with Gasteiger partial charge in [0, 0.05) is 31.4 Å². The molecule has 130 valence electrons. The van der Waals surface area contributed by atoms with E-state index in [-0.39, 0.29) is 5.82 Å². The van der Waals surface area contributed by atoms with Crippen LogP contribution in [0.1, 0.15) is 0 Å². The van der Waals surface area contributed by atoms with Crippen molar-refractivity contribution in [2.75, 3.05) is 24.7 Å². The van der Waals surface area contributed by atoms with Crippen molar-refractivity contribution in [2.45, 2.75) is 0 Å². The van der Waals surface area contributed by atoms with Gasteiger partial charge in [-0.25, -0.2) is 19.3 Å². The molecule has 0 spiro atoms. The van der Waals surface area contributed by atoms with E-state index in [1.54, 1.807) is 25.4 Å². The second-order valence-electron chi connectivity index (χ2n) is 5.65. The highest BCUT2D eigenvalue weighted by Gasteiger charge is 2.22. The average molecular weight is 349 g/mol. The molecule has 4 aromatic rings. The monoisotopic (exact) mass is 349 g/mol. The molecular formula is C19H16FN5O. The predicted octanol–water partition coefficient (Wildman–Crippen LogP) is 4.17. The minimum atomic E-state index is -0.298. The SMILES string of the molecule is CNc1ccc(-c2oc3ncnc(NC)c3c2-c2ccc(F)cc2)cn1. The first-order valence-electron chi connectivity index (χ1n) is 8.06. The van der Waals surface area contributed by atoms with Gasteiger partial charge < -0.3 is 15.1 Å². The highest BCUT2D eigenvalue weighted by Crippen LogP contribution is 2.42. The highest BCUT2D eigenvalue weighted by atomic mass is 19.1. The van der Waals surface area contributed by atoms with Gasteiger partial charge in [0.05, 0.1) is 5.39 Å². The van der Waals surface area contributed by atoms with Gasteiger partial charge in [0.1, 0.15) is 29.5 Å². The third-order valence-corrected chi connectivity index (χ3v) is 4.14. The molecule has 0 aliphatic heterocycles. The number of aromatic nitrogens is 3. The number of benzene rings is 1. The van der Waals surface area contributed by atoms with Gasteiger partial charge in [-0.05, 0) is 29.8 Å². The quantitative estimate of drug-likeness (QED) is 0.576. The van der Waals surface area contributed by atoms with E-state index in [2.05, 4.69) is 25.6 Å². The van der Waals surface area contributed by atoms with E-state index < -0.39 is 0 Å². The number of furan rings is 1. The molecule has 0 unspecified atom stereocenters. The molecule has 0 atom stereocenters. The molecule has 0 amide bonds. The largest absolute Gasteiger partial charge is 0.437 e. The Kier molecular flexibility index (Phi) is 3.96. The van der Waals surface area contributed by atoms with Crippen molar-refractivity contribution in [1.29, 1.82) is 0 Å². The molecule has 0 saturated heterocycles. The van der Waals surface area contributed by atoms with Gasteiger partial charge in [-0.1, -0.05) is 12.1 Å². The van der Waals surface area contributed by atoms with Gasteiger partial charge in [-0.2, -0.15) is 0 Å². The lowest BCUT2D eigenvalue weighted by Gasteiger charge is -2.06. The molecule has 3 heterocycles. The van der Waals surface area contributed by atoms with Crippen molar-refractivity contribution in [3.63, 3.8) is 0 Å². The zero-order valence-electron chi connectivity index (χ0n) is 14.2. The van der Waals surface area contributed by atoms with Gasteiger partial charge in [0.2, 0.25) is 5.71 Å². The van der Waals surface area contributed by atoms with Crippen LogP contribution in [0.5, 0.6) is 0 Å². The molecule has 2 N–H and O–H groups in total. The standard InChI is InChI=1S/C19H16FN5O/c1-21-14-8-5-12(9-23-14)17-15(11-3-6-13(20)7-4-11)16-18(22-2)24-10-25-19(16)26-17/h3-10H,1-2H3,(H,21,23)(H,22,24,25). The average Bonchev–Trinajstić information content (AvgIpc) is 3.08. The predicted molar refractivity (Wildman–Crippen MR) is 99.5 cm³/mol. The Morgan fingerprint density at radius 2 is 1.65 bits per heavy atom. The maximum atomic E-state index is 13.4. The second-order valence-corrected chi connectivity index (χ2v) is 5.65. The normalized spacial score (nSPS) is 10.9. The molecule has 6 nitrogen and oxygen atoms in total. The molecule has 0 bridgehead atoms. The Morgan fingerprint density at radius 3 is 2.31 bits per heavy atom. The lowest BCUT2D eigenvalue weighted by molar-refractivity contribution is 0.617. The van der Waals surface area contributed by atoms with Crippen LogP contribution in [0.4, 0.5) is 16.0 Å². The smallest absolute Gasteiger partial charge is 0.232 e. The third kappa shape index (κ3) is 2.63. The third-order valence-electron chi connectivity index (χ3n) is 4.14. The molecule has 26 heavy (non-hydrogen) atoms. The van der Waals surface area contributed by atoms with E-state index in [4.69, 9.17) is 4.42 Å². The first kappa shape index (κ1) is 16.0. The number of pyridine rings is 1. The maximum Gasteiger partial charge on any atom is 0.232 e. The number of halogens is 1. The summed E-state index contributed by atoms with van der Waals surface area (Å²) >= 11 is 0. The van der Waals surface area contributed by atoms with Crippen molar-refractivity contribution in [1.82, 2.24) is 15.0 Å². The molecule has 0 radical (unpaired) electrons. The molecule has 0 fully saturated rings. The van der Waals surface area contributed by atoms with Crippen LogP contribution >= 0.6 is 0 Å². The zero-order valence-corrected chi connectivity index (χ0v) is 14.2. The van der Waals surface area contributed by atoms with Gasteiger partial charge >= 0.3 is 0 Å². The summed E-state index contributed by atoms with van der Waals surface area (Å²) in [7, 11) is 3.59. The van der Waals surface area contributed by atoms with Crippen LogP contribution in [0.15, 0.2) is 53.3 Å². The fraction of sp³-hybridized carbons (Fsp3) is 0.105. The van der Waals surface area contributed by atoms with E-state index in [9.17, 15) is 4.39 Å². The van der Waals surface area contributed by atoms with Crippen molar-refractivity contribution in [3.8, 4) is 22.5 Å². The number of rotatable bonds is 4. The fourth-order valence-electron chi connectivity index (χ4n) is 2.89. The van der Waals surface area contributed by atoms with E-state index >= 15 is 0 Å². The molecule has 0 aliphatic carbocycles. The Hall–Kier alpha value is -3.48. The molecule has 0 aliphatic rings. The summed E-state index contributed by atoms with van der Waals surface area (Å²) in [5.74, 6) is 1.71. The Balaban J connectivity index is 2.02. The number of hydrogen-bond acceptors (Lipinski definition) is 6. The van der Waals surface area contributed by atoms with Crippen LogP contribution in [0.3, 0.4) is 0 Å².